The molecule has 2 unspecified atom stereocenters. The van der Waals surface area contributed by atoms with E-state index in [0.717, 1.165) is 13.0 Å². The first-order valence-corrected chi connectivity index (χ1v) is 7.23. The van der Waals surface area contributed by atoms with Crippen molar-refractivity contribution in [2.45, 2.75) is 85.0 Å². The first-order chi connectivity index (χ1) is 7.82. The Kier molecular flexibility index (Phi) is 5.03. The summed E-state index contributed by atoms with van der Waals surface area (Å²) in [5, 5.41) is 3.69. The largest absolute Gasteiger partial charge is 0.371 e. The normalized spacial score (nSPS) is 28.6. The fraction of sp³-hybridized carbons (Fsp3) is 1.00. The Hall–Kier alpha value is -0.0800. The molecule has 0 aromatic carbocycles. The van der Waals surface area contributed by atoms with Crippen molar-refractivity contribution in [2.75, 3.05) is 6.54 Å². The van der Waals surface area contributed by atoms with E-state index in [2.05, 4.69) is 46.9 Å². The Balaban J connectivity index is 2.64. The molecule has 1 saturated carbocycles. The Morgan fingerprint density at radius 2 is 1.94 bits per heavy atom. The summed E-state index contributed by atoms with van der Waals surface area (Å²) in [7, 11) is 0. The van der Waals surface area contributed by atoms with Crippen molar-refractivity contribution in [3.8, 4) is 0 Å². The van der Waals surface area contributed by atoms with E-state index in [1.807, 2.05) is 0 Å². The van der Waals surface area contributed by atoms with E-state index in [1.54, 1.807) is 0 Å². The zero-order valence-electron chi connectivity index (χ0n) is 12.6. The van der Waals surface area contributed by atoms with Crippen molar-refractivity contribution in [3.05, 3.63) is 0 Å². The minimum absolute atomic E-state index is 0.0111. The van der Waals surface area contributed by atoms with Gasteiger partial charge in [0.05, 0.1) is 11.7 Å². The number of rotatable bonds is 6. The molecule has 0 amide bonds. The van der Waals surface area contributed by atoms with Crippen molar-refractivity contribution in [1.82, 2.24) is 5.32 Å². The molecule has 0 bridgehead atoms. The fourth-order valence-corrected chi connectivity index (χ4v) is 2.67. The van der Waals surface area contributed by atoms with E-state index in [4.69, 9.17) is 4.74 Å². The van der Waals surface area contributed by atoms with Crippen LogP contribution >= 0.6 is 0 Å². The molecule has 0 heterocycles. The predicted molar refractivity (Wildman–Crippen MR) is 74.3 cm³/mol. The molecule has 2 nitrogen and oxygen atoms in total. The van der Waals surface area contributed by atoms with Gasteiger partial charge < -0.3 is 10.1 Å². The van der Waals surface area contributed by atoms with E-state index < -0.39 is 0 Å². The Bertz CT molecular complexity index is 235. The highest BCUT2D eigenvalue weighted by atomic mass is 16.5. The number of nitrogens with one attached hydrogen (secondary N) is 1. The van der Waals surface area contributed by atoms with Gasteiger partial charge in [-0.05, 0) is 51.5 Å². The third-order valence-electron chi connectivity index (χ3n) is 4.22. The van der Waals surface area contributed by atoms with Gasteiger partial charge in [0, 0.05) is 6.04 Å². The van der Waals surface area contributed by atoms with E-state index >= 15 is 0 Å². The lowest BCUT2D eigenvalue weighted by molar-refractivity contribution is -0.0851. The van der Waals surface area contributed by atoms with Crippen LogP contribution in [0.4, 0.5) is 0 Å². The van der Waals surface area contributed by atoms with Crippen molar-refractivity contribution in [2.24, 2.45) is 5.41 Å². The van der Waals surface area contributed by atoms with E-state index in [0.29, 0.717) is 17.6 Å². The molecule has 0 saturated heterocycles. The highest BCUT2D eigenvalue weighted by Crippen LogP contribution is 2.40. The SMILES string of the molecule is CCCNC1C(OC(C)(C)CC)CCC1(C)C. The molecule has 0 spiro atoms. The Labute approximate surface area is 108 Å². The fourth-order valence-electron chi connectivity index (χ4n) is 2.67. The molecule has 0 aromatic rings. The first kappa shape index (κ1) is 15.0. The molecule has 2 heteroatoms. The second-order valence-corrected chi connectivity index (χ2v) is 6.73. The van der Waals surface area contributed by atoms with Crippen molar-refractivity contribution >= 4 is 0 Å². The molecular weight excluding hydrogens is 210 g/mol. The summed E-state index contributed by atoms with van der Waals surface area (Å²) in [5.74, 6) is 0. The highest BCUT2D eigenvalue weighted by Gasteiger charge is 2.43. The van der Waals surface area contributed by atoms with Crippen LogP contribution in [0.3, 0.4) is 0 Å². The molecule has 1 fully saturated rings. The van der Waals surface area contributed by atoms with Gasteiger partial charge >= 0.3 is 0 Å². The number of hydrogen-bond acceptors (Lipinski definition) is 2. The molecule has 1 aliphatic carbocycles. The van der Waals surface area contributed by atoms with Gasteiger partial charge in [-0.25, -0.2) is 0 Å². The lowest BCUT2D eigenvalue weighted by atomic mass is 9.86. The molecular formula is C15H31NO. The van der Waals surface area contributed by atoms with Gasteiger partial charge in [0.2, 0.25) is 0 Å². The lowest BCUT2D eigenvalue weighted by Crippen LogP contribution is -2.48. The van der Waals surface area contributed by atoms with Gasteiger partial charge in [-0.3, -0.25) is 0 Å². The molecule has 1 N–H and O–H groups in total. The van der Waals surface area contributed by atoms with Crippen LogP contribution in [0.15, 0.2) is 0 Å². The molecule has 2 atom stereocenters. The quantitative estimate of drug-likeness (QED) is 0.764. The summed E-state index contributed by atoms with van der Waals surface area (Å²) in [6, 6.07) is 0.508. The molecule has 0 aromatic heterocycles. The predicted octanol–water partition coefficient (Wildman–Crippen LogP) is 3.75. The summed E-state index contributed by atoms with van der Waals surface area (Å²) in [4.78, 5) is 0. The summed E-state index contributed by atoms with van der Waals surface area (Å²) >= 11 is 0. The molecule has 1 aliphatic rings. The van der Waals surface area contributed by atoms with Gasteiger partial charge in [-0.1, -0.05) is 27.7 Å². The van der Waals surface area contributed by atoms with Crippen LogP contribution in [0.5, 0.6) is 0 Å². The first-order valence-electron chi connectivity index (χ1n) is 7.23. The monoisotopic (exact) mass is 241 g/mol. The maximum absolute atomic E-state index is 6.33. The average molecular weight is 241 g/mol. The zero-order valence-corrected chi connectivity index (χ0v) is 12.6. The van der Waals surface area contributed by atoms with Gasteiger partial charge in [0.25, 0.3) is 0 Å². The van der Waals surface area contributed by atoms with Gasteiger partial charge in [0.1, 0.15) is 0 Å². The second kappa shape index (κ2) is 5.71. The van der Waals surface area contributed by atoms with Crippen molar-refractivity contribution < 1.29 is 4.74 Å². The second-order valence-electron chi connectivity index (χ2n) is 6.73. The molecule has 1 rings (SSSR count). The van der Waals surface area contributed by atoms with Gasteiger partial charge in [-0.15, -0.1) is 0 Å². The van der Waals surface area contributed by atoms with Crippen LogP contribution in [0.25, 0.3) is 0 Å². The van der Waals surface area contributed by atoms with E-state index in [9.17, 15) is 0 Å². The zero-order chi connectivity index (χ0) is 13.1. The van der Waals surface area contributed by atoms with E-state index in [1.165, 1.54) is 19.3 Å². The van der Waals surface area contributed by atoms with Crippen LogP contribution < -0.4 is 5.32 Å². The minimum atomic E-state index is 0.0111. The molecule has 0 radical (unpaired) electrons. The summed E-state index contributed by atoms with van der Waals surface area (Å²) < 4.78 is 6.33. The Morgan fingerprint density at radius 3 is 2.47 bits per heavy atom. The lowest BCUT2D eigenvalue weighted by Gasteiger charge is -2.36. The van der Waals surface area contributed by atoms with E-state index in [-0.39, 0.29) is 5.60 Å². The summed E-state index contributed by atoms with van der Waals surface area (Å²) in [6.07, 6.45) is 5.10. The summed E-state index contributed by atoms with van der Waals surface area (Å²) in [6.45, 7) is 14.7. The Morgan fingerprint density at radius 1 is 1.29 bits per heavy atom. The van der Waals surface area contributed by atoms with Crippen LogP contribution in [-0.2, 0) is 4.74 Å². The number of hydrogen-bond donors (Lipinski definition) is 1. The van der Waals surface area contributed by atoms with Crippen LogP contribution in [0.2, 0.25) is 0 Å². The van der Waals surface area contributed by atoms with Gasteiger partial charge in [-0.2, -0.15) is 0 Å². The average Bonchev–Trinajstić information content (AvgIpc) is 2.51. The molecule has 17 heavy (non-hydrogen) atoms. The molecule has 0 aliphatic heterocycles. The maximum atomic E-state index is 6.33. The van der Waals surface area contributed by atoms with Crippen LogP contribution in [0, 0.1) is 5.41 Å². The smallest absolute Gasteiger partial charge is 0.0740 e. The summed E-state index contributed by atoms with van der Waals surface area (Å²) in [5.41, 5.74) is 0.376. The third-order valence-corrected chi connectivity index (χ3v) is 4.22. The topological polar surface area (TPSA) is 21.3 Å². The third kappa shape index (κ3) is 3.96. The number of ether oxygens (including phenoxy) is 1. The molecule has 102 valence electrons. The standard InChI is InChI=1S/C15H31NO/c1-7-11-16-13-12(9-10-14(13,3)4)17-15(5,6)8-2/h12-13,16H,7-11H2,1-6H3. The van der Waals surface area contributed by atoms with Crippen LogP contribution in [0.1, 0.15) is 67.2 Å². The maximum Gasteiger partial charge on any atom is 0.0740 e. The highest BCUT2D eigenvalue weighted by molar-refractivity contribution is 4.98. The van der Waals surface area contributed by atoms with Crippen molar-refractivity contribution in [3.63, 3.8) is 0 Å². The minimum Gasteiger partial charge on any atom is -0.371 e. The van der Waals surface area contributed by atoms with Crippen molar-refractivity contribution in [1.29, 1.82) is 0 Å². The van der Waals surface area contributed by atoms with Crippen LogP contribution in [-0.4, -0.2) is 24.3 Å². The van der Waals surface area contributed by atoms with Gasteiger partial charge in [0.15, 0.2) is 0 Å².